The molecule has 1 aliphatic heterocycles. The molecule has 396 valence electrons. The van der Waals surface area contributed by atoms with E-state index in [1.807, 2.05) is 110 Å². The smallest absolute Gasteiger partial charge is 0.137 e. The van der Waals surface area contributed by atoms with Crippen LogP contribution in [0.4, 0.5) is 22.7 Å². The van der Waals surface area contributed by atoms with Crippen LogP contribution in [-0.4, -0.2) is 20.8 Å². The second-order valence-electron chi connectivity index (χ2n) is 24.1. The molecule has 12 aromatic rings. The minimum absolute atomic E-state index is 0.0382. The molecule has 0 atom stereocenters. The number of anilines is 4. The molecule has 0 unspecified atom stereocenters. The number of hydrogen-bond acceptors (Lipinski definition) is 4. The minimum Gasteiger partial charge on any atom is -0.457 e. The number of aromatic nitrogens is 3. The molecule has 13 rings (SSSR count). The summed E-state index contributed by atoms with van der Waals surface area (Å²) in [4.78, 5) is 9.44. The van der Waals surface area contributed by atoms with Gasteiger partial charge in [-0.3, -0.25) is 4.57 Å². The average Bonchev–Trinajstić information content (AvgIpc) is 1.53. The Labute approximate surface area is 488 Å². The van der Waals surface area contributed by atoms with Crippen molar-refractivity contribution in [2.75, 3.05) is 16.5 Å². The van der Waals surface area contributed by atoms with Crippen molar-refractivity contribution in [3.8, 4) is 45.3 Å². The highest BCUT2D eigenvalue weighted by atomic mass is 16.5. The molecular formula is C74H69N5O. The summed E-state index contributed by atoms with van der Waals surface area (Å²) >= 11 is 0. The lowest BCUT2D eigenvalue weighted by Gasteiger charge is -2.29. The summed E-state index contributed by atoms with van der Waals surface area (Å²) in [6.07, 6.45) is 1.28. The molecular weight excluding hydrogens is 975 g/mol. The largest absolute Gasteiger partial charge is 0.457 e. The van der Waals surface area contributed by atoms with E-state index in [9.17, 15) is 1.37 Å². The summed E-state index contributed by atoms with van der Waals surface area (Å²) in [6, 6.07) is 50.7. The van der Waals surface area contributed by atoms with Gasteiger partial charge in [-0.25, -0.2) is 4.98 Å². The Balaban J connectivity index is 1.08. The van der Waals surface area contributed by atoms with Gasteiger partial charge in [0.05, 0.1) is 47.4 Å². The van der Waals surface area contributed by atoms with Gasteiger partial charge in [0.2, 0.25) is 0 Å². The third-order valence-electron chi connectivity index (χ3n) is 15.7. The van der Waals surface area contributed by atoms with E-state index in [2.05, 4.69) is 111 Å². The molecule has 0 amide bonds. The molecule has 0 fully saturated rings. The van der Waals surface area contributed by atoms with Gasteiger partial charge in [-0.2, -0.15) is 0 Å². The Hall–Kier alpha value is -8.87. The lowest BCUT2D eigenvalue weighted by Crippen LogP contribution is -2.25. The van der Waals surface area contributed by atoms with Crippen LogP contribution in [0.3, 0.4) is 0 Å². The van der Waals surface area contributed by atoms with E-state index in [4.69, 9.17) is 24.8 Å². The first-order chi connectivity index (χ1) is 43.3. The highest BCUT2D eigenvalue weighted by Crippen LogP contribution is 2.49. The van der Waals surface area contributed by atoms with Crippen LogP contribution in [-0.2, 0) is 16.2 Å². The Kier molecular flexibility index (Phi) is 9.14. The van der Waals surface area contributed by atoms with E-state index < -0.39 is 49.3 Å². The molecule has 0 radical (unpaired) electrons. The number of benzene rings is 9. The van der Waals surface area contributed by atoms with Crippen molar-refractivity contribution in [3.63, 3.8) is 0 Å². The third-order valence-corrected chi connectivity index (χ3v) is 15.7. The maximum Gasteiger partial charge on any atom is 0.137 e. The fourth-order valence-electron chi connectivity index (χ4n) is 11.4. The lowest BCUT2D eigenvalue weighted by molar-refractivity contribution is 0.483. The van der Waals surface area contributed by atoms with Gasteiger partial charge in [-0.05, 0) is 135 Å². The monoisotopic (exact) mass is 1060 g/mol. The number of para-hydroxylation sites is 5. The van der Waals surface area contributed by atoms with Crippen molar-refractivity contribution in [2.24, 2.45) is 0 Å². The number of hydrogen-bond donors (Lipinski definition) is 0. The predicted molar refractivity (Wildman–Crippen MR) is 338 cm³/mol. The number of ether oxygens (including phenoxy) is 1. The summed E-state index contributed by atoms with van der Waals surface area (Å²) in [5, 5.41) is 3.56. The molecule has 1 aliphatic rings. The topological polar surface area (TPSA) is 38.5 Å². The minimum atomic E-state index is -2.86. The maximum absolute atomic E-state index is 9.77. The van der Waals surface area contributed by atoms with Crippen molar-refractivity contribution >= 4 is 66.4 Å². The molecule has 80 heavy (non-hydrogen) atoms. The van der Waals surface area contributed by atoms with Crippen molar-refractivity contribution < 1.29 is 21.2 Å². The van der Waals surface area contributed by atoms with Gasteiger partial charge in [-0.15, -0.1) is 0 Å². The number of nitrogens with zero attached hydrogens (tertiary/aromatic N) is 5. The summed E-state index contributed by atoms with van der Waals surface area (Å²) < 4.78 is 118. The van der Waals surface area contributed by atoms with Crippen LogP contribution >= 0.6 is 0 Å². The van der Waals surface area contributed by atoms with Crippen LogP contribution in [0.1, 0.15) is 107 Å². The Morgan fingerprint density at radius 2 is 1.00 bits per heavy atom. The van der Waals surface area contributed by atoms with Gasteiger partial charge in [0.1, 0.15) is 24.0 Å². The summed E-state index contributed by atoms with van der Waals surface area (Å²) in [7, 11) is 0. The second-order valence-corrected chi connectivity index (χ2v) is 24.1. The maximum atomic E-state index is 9.77. The zero-order valence-electron chi connectivity index (χ0n) is 58.5. The molecule has 0 spiro atoms. The Morgan fingerprint density at radius 1 is 0.450 bits per heavy atom. The fourth-order valence-corrected chi connectivity index (χ4v) is 11.4. The van der Waals surface area contributed by atoms with Gasteiger partial charge >= 0.3 is 0 Å². The molecule has 0 saturated heterocycles. The highest BCUT2D eigenvalue weighted by molar-refractivity contribution is 6.17. The Morgan fingerprint density at radius 3 is 1.61 bits per heavy atom. The molecule has 6 nitrogen and oxygen atoms in total. The van der Waals surface area contributed by atoms with Crippen LogP contribution in [0.25, 0.3) is 77.4 Å². The van der Waals surface area contributed by atoms with Gasteiger partial charge in [0, 0.05) is 71.1 Å². The first-order valence-electron chi connectivity index (χ1n) is 33.2. The summed E-state index contributed by atoms with van der Waals surface area (Å²) in [6.45, 7) is 14.2. The van der Waals surface area contributed by atoms with Gasteiger partial charge in [0.15, 0.2) is 0 Å². The van der Waals surface area contributed by atoms with Crippen molar-refractivity contribution in [3.05, 3.63) is 234 Å². The molecule has 9 aromatic carbocycles. The number of rotatable bonds is 8. The molecule has 6 heteroatoms. The van der Waals surface area contributed by atoms with E-state index >= 15 is 0 Å². The highest BCUT2D eigenvalue weighted by Gasteiger charge is 2.32. The fraction of sp³-hybridized carbons (Fsp3) is 0.203. The molecule has 0 bridgehead atoms. The molecule has 4 heterocycles. The van der Waals surface area contributed by atoms with Crippen LogP contribution < -0.4 is 14.5 Å². The van der Waals surface area contributed by atoms with E-state index in [0.29, 0.717) is 51.7 Å². The van der Waals surface area contributed by atoms with Crippen molar-refractivity contribution in [1.29, 1.82) is 0 Å². The van der Waals surface area contributed by atoms with Crippen LogP contribution in [0.15, 0.2) is 206 Å². The van der Waals surface area contributed by atoms with Crippen LogP contribution in [0.2, 0.25) is 0 Å². The standard InChI is InChI=1S/C74H69N5O/c1-47-35-51(72(3,4)5)33-34-58(47)50-37-54(76-46-77(67-32-22-21-31-66(67)76)55-40-52(73(6,7)8)39-53(41-55)74(9,10)11)42-56(38-50)80-57-43-68(78-63-28-18-15-25-59(63)60-26-16-19-29-64(60)78)71-61-27-17-20-30-65(61)79(69(71)44-57)70-36-48(2)62(45-75-70)49-23-13-12-14-24-49/h12-45H,46H2,1-11H3/i1D3,2D3,12D,13D,14D,23D,24D,34D. The summed E-state index contributed by atoms with van der Waals surface area (Å²) in [5.74, 6) is 0.845. The SMILES string of the molecule is [2H]c1cc(C(C)(C)C)cc(C([2H])([2H])[2H])c1-c1cc(Oc2cc(-n3c4ccccc4c4ccccc43)c3c4ccccc4n(-c4cc(C([2H])([2H])[2H])c(-c5c([2H])c([2H])c([2H])c([2H])c5[2H])cn4)c3c2)cc(N2CN(c3cc(C(C)(C)C)cc(C(C)(C)C)c3)c3ccccc32)c1. The van der Waals surface area contributed by atoms with Crippen LogP contribution in [0.5, 0.6) is 11.5 Å². The van der Waals surface area contributed by atoms with E-state index in [1.165, 1.54) is 23.4 Å². The first-order valence-corrected chi connectivity index (χ1v) is 27.2. The van der Waals surface area contributed by atoms with E-state index in [1.54, 1.807) is 18.2 Å². The zero-order valence-corrected chi connectivity index (χ0v) is 46.5. The molecule has 0 aliphatic carbocycles. The predicted octanol–water partition coefficient (Wildman–Crippen LogP) is 20.2. The molecule has 0 N–H and O–H groups in total. The second kappa shape index (κ2) is 18.9. The quantitative estimate of drug-likeness (QED) is 0.152. The number of fused-ring (bicyclic) bond motifs is 7. The normalized spacial score (nSPS) is 15.6. The zero-order chi connectivity index (χ0) is 65.6. The number of aryl methyl sites for hydroxylation is 2. The lowest BCUT2D eigenvalue weighted by atomic mass is 9.80. The third kappa shape index (κ3) is 8.78. The first kappa shape index (κ1) is 38.7. The molecule has 0 saturated carbocycles. The van der Waals surface area contributed by atoms with E-state index in [-0.39, 0.29) is 50.5 Å². The van der Waals surface area contributed by atoms with E-state index in [0.717, 1.165) is 49.6 Å². The Bertz CT molecular complexity index is 4900. The van der Waals surface area contributed by atoms with Gasteiger partial charge < -0.3 is 19.1 Å². The van der Waals surface area contributed by atoms with Gasteiger partial charge in [-0.1, -0.05) is 183 Å². The van der Waals surface area contributed by atoms with Crippen LogP contribution in [0, 0.1) is 13.7 Å². The van der Waals surface area contributed by atoms with Crippen molar-refractivity contribution in [1.82, 2.24) is 14.1 Å². The number of pyridine rings is 1. The van der Waals surface area contributed by atoms with Gasteiger partial charge in [0.25, 0.3) is 0 Å². The molecule has 3 aromatic heterocycles. The summed E-state index contributed by atoms with van der Waals surface area (Å²) in [5.41, 5.74) is 9.65. The van der Waals surface area contributed by atoms with Crippen molar-refractivity contribution in [2.45, 2.75) is 92.3 Å². The average molecular weight is 1060 g/mol.